The minimum atomic E-state index is -0.0967. The van der Waals surface area contributed by atoms with Crippen molar-refractivity contribution < 1.29 is 34.7 Å². The molecule has 1 aromatic rings. The summed E-state index contributed by atoms with van der Waals surface area (Å²) in [5.41, 5.74) is 6.66. The summed E-state index contributed by atoms with van der Waals surface area (Å²) >= 11 is 0. The van der Waals surface area contributed by atoms with Crippen molar-refractivity contribution in [2.45, 2.75) is 6.92 Å². The van der Waals surface area contributed by atoms with Gasteiger partial charge in [-0.25, -0.2) is 0 Å². The van der Waals surface area contributed by atoms with Gasteiger partial charge in [0.05, 0.1) is 0 Å². The summed E-state index contributed by atoms with van der Waals surface area (Å²) in [4.78, 5) is 0. The summed E-state index contributed by atoms with van der Waals surface area (Å²) in [7, 11) is 0. The number of nitrogen functional groups attached to an aromatic ring is 1. The van der Waals surface area contributed by atoms with E-state index < -0.39 is 0 Å². The van der Waals surface area contributed by atoms with Gasteiger partial charge in [0.25, 0.3) is 0 Å². The Morgan fingerprint density at radius 1 is 1.40 bits per heavy atom. The van der Waals surface area contributed by atoms with Crippen LogP contribution in [0.2, 0.25) is 0 Å². The Labute approximate surface area is 82.3 Å². The molecule has 0 bridgehead atoms. The molecule has 1 rings (SSSR count). The van der Waals surface area contributed by atoms with Crippen LogP contribution < -0.4 is 40.4 Å². The van der Waals surface area contributed by atoms with Crippen LogP contribution in [0.5, 0.6) is 5.75 Å². The van der Waals surface area contributed by atoms with Gasteiger partial charge >= 0.3 is 29.6 Å². The van der Waals surface area contributed by atoms with E-state index in [2.05, 4.69) is 0 Å². The number of aryl methyl sites for hydroxylation is 1. The molecular formula is C7H8NNaO. The van der Waals surface area contributed by atoms with Crippen LogP contribution >= 0.6 is 0 Å². The fourth-order valence-corrected chi connectivity index (χ4v) is 0.668. The molecule has 0 aromatic heterocycles. The van der Waals surface area contributed by atoms with E-state index >= 15 is 0 Å². The second-order valence-corrected chi connectivity index (χ2v) is 2.04. The SMILES string of the molecule is Cc1ccc([O-])c(N)c1.[Na+]. The van der Waals surface area contributed by atoms with Crippen molar-refractivity contribution >= 4 is 5.69 Å². The van der Waals surface area contributed by atoms with E-state index in [1.165, 1.54) is 6.07 Å². The Morgan fingerprint density at radius 3 is 2.40 bits per heavy atom. The fraction of sp³-hybridized carbons (Fsp3) is 0.143. The summed E-state index contributed by atoms with van der Waals surface area (Å²) in [5.74, 6) is -0.0967. The van der Waals surface area contributed by atoms with Crippen LogP contribution in [-0.2, 0) is 0 Å². The molecule has 0 fully saturated rings. The molecular weight excluding hydrogens is 137 g/mol. The Bertz CT molecular complexity index is 225. The molecule has 0 saturated heterocycles. The predicted molar refractivity (Wildman–Crippen MR) is 35.0 cm³/mol. The molecule has 2 N–H and O–H groups in total. The van der Waals surface area contributed by atoms with Gasteiger partial charge in [-0.05, 0) is 18.6 Å². The normalized spacial score (nSPS) is 8.50. The molecule has 0 unspecified atom stereocenters. The molecule has 3 heteroatoms. The van der Waals surface area contributed by atoms with Crippen molar-refractivity contribution in [2.24, 2.45) is 0 Å². The molecule has 0 radical (unpaired) electrons. The molecule has 1 aromatic carbocycles. The van der Waals surface area contributed by atoms with Gasteiger partial charge in [-0.15, -0.1) is 0 Å². The number of rotatable bonds is 0. The molecule has 0 aliphatic heterocycles. The van der Waals surface area contributed by atoms with E-state index in [9.17, 15) is 5.11 Å². The summed E-state index contributed by atoms with van der Waals surface area (Å²) in [6, 6.07) is 4.89. The topological polar surface area (TPSA) is 49.1 Å². The summed E-state index contributed by atoms with van der Waals surface area (Å²) in [6.07, 6.45) is 0. The van der Waals surface area contributed by atoms with Gasteiger partial charge in [0, 0.05) is 5.69 Å². The van der Waals surface area contributed by atoms with Gasteiger partial charge in [0.1, 0.15) is 0 Å². The Hall–Kier alpha value is -0.180. The minimum absolute atomic E-state index is 0. The van der Waals surface area contributed by atoms with E-state index in [0.29, 0.717) is 5.69 Å². The largest absolute Gasteiger partial charge is 1.00 e. The average molecular weight is 145 g/mol. The van der Waals surface area contributed by atoms with Gasteiger partial charge in [0.2, 0.25) is 0 Å². The first-order chi connectivity index (χ1) is 4.20. The van der Waals surface area contributed by atoms with Crippen LogP contribution in [0, 0.1) is 6.92 Å². The molecule has 0 aliphatic carbocycles. The molecule has 0 spiro atoms. The van der Waals surface area contributed by atoms with E-state index in [1.54, 1.807) is 12.1 Å². The third-order valence-corrected chi connectivity index (χ3v) is 1.17. The van der Waals surface area contributed by atoms with E-state index in [4.69, 9.17) is 5.73 Å². The van der Waals surface area contributed by atoms with Gasteiger partial charge in [0.15, 0.2) is 0 Å². The smallest absolute Gasteiger partial charge is 0.871 e. The molecule has 10 heavy (non-hydrogen) atoms. The van der Waals surface area contributed by atoms with Crippen LogP contribution in [0.4, 0.5) is 5.69 Å². The van der Waals surface area contributed by atoms with Crippen LogP contribution in [0.15, 0.2) is 18.2 Å². The van der Waals surface area contributed by atoms with E-state index in [0.717, 1.165) is 5.56 Å². The first-order valence-corrected chi connectivity index (χ1v) is 2.73. The van der Waals surface area contributed by atoms with Gasteiger partial charge in [-0.2, -0.15) is 0 Å². The Balaban J connectivity index is 0.000000810. The zero-order valence-corrected chi connectivity index (χ0v) is 8.22. The van der Waals surface area contributed by atoms with E-state index in [-0.39, 0.29) is 35.3 Å². The standard InChI is InChI=1S/C7H9NO.Na/c1-5-2-3-7(9)6(8)4-5;/h2-4,9H,8H2,1H3;/q;+1/p-1. The maximum atomic E-state index is 10.6. The van der Waals surface area contributed by atoms with Crippen molar-refractivity contribution in [1.29, 1.82) is 0 Å². The molecule has 0 atom stereocenters. The maximum Gasteiger partial charge on any atom is 1.00 e. The summed E-state index contributed by atoms with van der Waals surface area (Å²) in [5, 5.41) is 10.6. The number of nitrogens with two attached hydrogens (primary N) is 1. The van der Waals surface area contributed by atoms with Gasteiger partial charge in [-0.3, -0.25) is 0 Å². The molecule has 0 aliphatic rings. The fourth-order valence-electron chi connectivity index (χ4n) is 0.668. The average Bonchev–Trinajstić information content (AvgIpc) is 1.80. The zero-order chi connectivity index (χ0) is 6.85. The molecule has 0 heterocycles. The van der Waals surface area contributed by atoms with Crippen molar-refractivity contribution in [3.8, 4) is 5.75 Å². The third-order valence-electron chi connectivity index (χ3n) is 1.17. The molecule has 0 amide bonds. The predicted octanol–water partition coefficient (Wildman–Crippen LogP) is -2.35. The van der Waals surface area contributed by atoms with Crippen LogP contribution in [-0.4, -0.2) is 0 Å². The Morgan fingerprint density at radius 2 is 2.00 bits per heavy atom. The number of anilines is 1. The van der Waals surface area contributed by atoms with E-state index in [1.807, 2.05) is 6.92 Å². The zero-order valence-electron chi connectivity index (χ0n) is 6.22. The van der Waals surface area contributed by atoms with Crippen molar-refractivity contribution in [3.63, 3.8) is 0 Å². The number of benzene rings is 1. The van der Waals surface area contributed by atoms with Crippen LogP contribution in [0.25, 0.3) is 0 Å². The van der Waals surface area contributed by atoms with Crippen molar-refractivity contribution in [2.75, 3.05) is 5.73 Å². The monoisotopic (exact) mass is 145 g/mol. The summed E-state index contributed by atoms with van der Waals surface area (Å²) < 4.78 is 0. The first-order valence-electron chi connectivity index (χ1n) is 2.73. The number of hydrogen-bond acceptors (Lipinski definition) is 2. The second-order valence-electron chi connectivity index (χ2n) is 2.04. The Kier molecular flexibility index (Phi) is 3.79. The maximum absolute atomic E-state index is 10.6. The van der Waals surface area contributed by atoms with Crippen molar-refractivity contribution in [3.05, 3.63) is 23.8 Å². The second kappa shape index (κ2) is 3.86. The third kappa shape index (κ3) is 2.21. The van der Waals surface area contributed by atoms with Gasteiger partial charge in [-0.1, -0.05) is 17.9 Å². The summed E-state index contributed by atoms with van der Waals surface area (Å²) in [6.45, 7) is 1.90. The molecule has 48 valence electrons. The van der Waals surface area contributed by atoms with Gasteiger partial charge < -0.3 is 10.8 Å². The van der Waals surface area contributed by atoms with Crippen LogP contribution in [0.1, 0.15) is 5.56 Å². The minimum Gasteiger partial charge on any atom is -0.871 e. The quantitative estimate of drug-likeness (QED) is 0.328. The van der Waals surface area contributed by atoms with Crippen molar-refractivity contribution in [1.82, 2.24) is 0 Å². The number of hydrogen-bond donors (Lipinski definition) is 1. The molecule has 2 nitrogen and oxygen atoms in total. The van der Waals surface area contributed by atoms with Crippen LogP contribution in [0.3, 0.4) is 0 Å². The first kappa shape index (κ1) is 9.82. The molecule has 0 saturated carbocycles.